The number of anilines is 1. The van der Waals surface area contributed by atoms with Crippen LogP contribution in [0.25, 0.3) is 11.1 Å². The van der Waals surface area contributed by atoms with Crippen LogP contribution in [-0.2, 0) is 23.2 Å². The number of hydrogen-bond donors (Lipinski definition) is 3. The summed E-state index contributed by atoms with van der Waals surface area (Å²) in [4.78, 5) is 0. The number of rotatable bonds is 3. The van der Waals surface area contributed by atoms with Crippen LogP contribution >= 0.6 is 0 Å². The van der Waals surface area contributed by atoms with Crippen LogP contribution in [0.2, 0.25) is 0 Å². The van der Waals surface area contributed by atoms with Gasteiger partial charge >= 0.3 is 10.4 Å². The molecule has 0 unspecified atom stereocenters. The van der Waals surface area contributed by atoms with E-state index in [1.54, 1.807) is 0 Å². The summed E-state index contributed by atoms with van der Waals surface area (Å²) < 4.78 is 31.6. The van der Waals surface area contributed by atoms with Crippen molar-refractivity contribution >= 4 is 16.1 Å². The molecule has 2 aromatic carbocycles. The lowest BCUT2D eigenvalue weighted by Crippen LogP contribution is -1.96. The highest BCUT2D eigenvalue weighted by atomic mass is 32.3. The molecule has 4 N–H and O–H groups in total. The van der Waals surface area contributed by atoms with Crippen LogP contribution in [0.15, 0.2) is 42.5 Å². The zero-order valence-corrected chi connectivity index (χ0v) is 13.5. The van der Waals surface area contributed by atoms with Crippen LogP contribution in [0.4, 0.5) is 5.69 Å². The zero-order valence-electron chi connectivity index (χ0n) is 12.7. The van der Waals surface area contributed by atoms with Gasteiger partial charge in [-0.05, 0) is 29.5 Å². The number of nitrogens with two attached hydrogens (primary N) is 1. The fourth-order valence-corrected chi connectivity index (χ4v) is 2.13. The van der Waals surface area contributed by atoms with Gasteiger partial charge in [-0.2, -0.15) is 8.42 Å². The molecule has 0 saturated heterocycles. The van der Waals surface area contributed by atoms with Gasteiger partial charge in [-0.15, -0.1) is 0 Å². The highest BCUT2D eigenvalue weighted by Crippen LogP contribution is 2.29. The summed E-state index contributed by atoms with van der Waals surface area (Å²) >= 11 is 0. The van der Waals surface area contributed by atoms with Crippen molar-refractivity contribution in [2.24, 2.45) is 0 Å². The fraction of sp³-hybridized carbons (Fsp3) is 0.250. The second-order valence-electron chi connectivity index (χ2n) is 4.73. The van der Waals surface area contributed by atoms with E-state index in [0.29, 0.717) is 0 Å². The molecule has 120 valence electrons. The van der Waals surface area contributed by atoms with E-state index in [4.69, 9.17) is 23.3 Å². The maximum absolute atomic E-state index is 8.74. The summed E-state index contributed by atoms with van der Waals surface area (Å²) in [5, 5.41) is 0. The van der Waals surface area contributed by atoms with E-state index >= 15 is 0 Å². The fourth-order valence-electron chi connectivity index (χ4n) is 2.13. The summed E-state index contributed by atoms with van der Waals surface area (Å²) in [7, 11) is -4.67. The van der Waals surface area contributed by atoms with E-state index in [1.165, 1.54) is 16.7 Å². The van der Waals surface area contributed by atoms with Crippen molar-refractivity contribution in [1.82, 2.24) is 0 Å². The largest absolute Gasteiger partial charge is 0.398 e. The molecule has 2 aromatic rings. The Hall–Kier alpha value is -1.89. The van der Waals surface area contributed by atoms with Gasteiger partial charge in [0.05, 0.1) is 0 Å². The second-order valence-corrected chi connectivity index (χ2v) is 5.63. The van der Waals surface area contributed by atoms with Crippen LogP contribution in [0.3, 0.4) is 0 Å². The minimum Gasteiger partial charge on any atom is -0.398 e. The maximum Gasteiger partial charge on any atom is 0.394 e. The highest BCUT2D eigenvalue weighted by Gasteiger charge is 2.05. The Labute approximate surface area is 131 Å². The summed E-state index contributed by atoms with van der Waals surface area (Å²) in [6, 6.07) is 14.9. The van der Waals surface area contributed by atoms with Gasteiger partial charge in [0.25, 0.3) is 0 Å². The predicted octanol–water partition coefficient (Wildman–Crippen LogP) is 3.41. The number of hydrogen-bond acceptors (Lipinski definition) is 3. The van der Waals surface area contributed by atoms with E-state index in [0.717, 1.165) is 24.1 Å². The normalized spacial score (nSPS) is 10.7. The molecule has 5 nitrogen and oxygen atoms in total. The molecule has 0 heterocycles. The van der Waals surface area contributed by atoms with Gasteiger partial charge in [0, 0.05) is 11.3 Å². The van der Waals surface area contributed by atoms with Gasteiger partial charge in [0.15, 0.2) is 0 Å². The van der Waals surface area contributed by atoms with Crippen molar-refractivity contribution in [3.05, 3.63) is 53.6 Å². The molecule has 0 spiro atoms. The monoisotopic (exact) mass is 323 g/mol. The Morgan fingerprint density at radius 2 is 1.59 bits per heavy atom. The van der Waals surface area contributed by atoms with Crippen LogP contribution in [0.1, 0.15) is 25.0 Å². The highest BCUT2D eigenvalue weighted by molar-refractivity contribution is 7.79. The average molecular weight is 323 g/mol. The first-order chi connectivity index (χ1) is 10.3. The number of nitrogen functional groups attached to an aromatic ring is 1. The minimum absolute atomic E-state index is 0.920. The van der Waals surface area contributed by atoms with Crippen molar-refractivity contribution in [3.63, 3.8) is 0 Å². The first-order valence-corrected chi connectivity index (χ1v) is 8.32. The van der Waals surface area contributed by atoms with Crippen molar-refractivity contribution in [2.75, 3.05) is 5.73 Å². The SMILES string of the molecule is CCc1cccc(-c2cccc(CC)c2N)c1.O=S(=O)(O)O. The van der Waals surface area contributed by atoms with E-state index in [9.17, 15) is 0 Å². The van der Waals surface area contributed by atoms with Gasteiger partial charge in [0.2, 0.25) is 0 Å². The molecule has 0 aliphatic carbocycles. The van der Waals surface area contributed by atoms with Crippen molar-refractivity contribution < 1.29 is 17.5 Å². The van der Waals surface area contributed by atoms with Gasteiger partial charge in [-0.1, -0.05) is 56.3 Å². The number of para-hydroxylation sites is 1. The lowest BCUT2D eigenvalue weighted by molar-refractivity contribution is 0.381. The van der Waals surface area contributed by atoms with E-state index < -0.39 is 10.4 Å². The average Bonchev–Trinajstić information content (AvgIpc) is 2.46. The molecule has 2 rings (SSSR count). The van der Waals surface area contributed by atoms with Crippen LogP contribution < -0.4 is 5.73 Å². The van der Waals surface area contributed by atoms with Crippen molar-refractivity contribution in [1.29, 1.82) is 0 Å². The minimum atomic E-state index is -4.67. The Morgan fingerprint density at radius 1 is 1.00 bits per heavy atom. The molecule has 0 aromatic heterocycles. The molecule has 0 fully saturated rings. The Kier molecular flexibility index (Phi) is 6.55. The molecule has 0 bridgehead atoms. The first-order valence-electron chi connectivity index (χ1n) is 6.92. The van der Waals surface area contributed by atoms with E-state index in [1.807, 2.05) is 0 Å². The van der Waals surface area contributed by atoms with Gasteiger partial charge in [-0.25, -0.2) is 0 Å². The Bertz CT molecular complexity index is 719. The molecule has 0 saturated carbocycles. The summed E-state index contributed by atoms with van der Waals surface area (Å²) in [6.45, 7) is 4.31. The molecule has 0 amide bonds. The molecular formula is C16H21NO4S. The topological polar surface area (TPSA) is 101 Å². The van der Waals surface area contributed by atoms with Crippen molar-refractivity contribution in [2.45, 2.75) is 26.7 Å². The molecule has 0 atom stereocenters. The van der Waals surface area contributed by atoms with Gasteiger partial charge in [0.1, 0.15) is 0 Å². The molecule has 0 radical (unpaired) electrons. The number of aryl methyl sites for hydroxylation is 2. The third kappa shape index (κ3) is 5.85. The summed E-state index contributed by atoms with van der Waals surface area (Å²) in [5.74, 6) is 0. The van der Waals surface area contributed by atoms with Gasteiger partial charge < -0.3 is 5.73 Å². The second kappa shape index (κ2) is 7.93. The van der Waals surface area contributed by atoms with Crippen molar-refractivity contribution in [3.8, 4) is 11.1 Å². The maximum atomic E-state index is 8.74. The van der Waals surface area contributed by atoms with Crippen LogP contribution in [0, 0.1) is 0 Å². The molecule has 0 aliphatic rings. The lowest BCUT2D eigenvalue weighted by Gasteiger charge is -2.10. The third-order valence-electron chi connectivity index (χ3n) is 3.22. The molecule has 22 heavy (non-hydrogen) atoms. The third-order valence-corrected chi connectivity index (χ3v) is 3.22. The number of benzene rings is 2. The first kappa shape index (κ1) is 18.2. The molecule has 0 aliphatic heterocycles. The quantitative estimate of drug-likeness (QED) is 0.593. The van der Waals surface area contributed by atoms with E-state index in [2.05, 4.69) is 56.3 Å². The standard InChI is InChI=1S/C16H19N.H2O4S/c1-3-12-7-5-9-14(11-12)15-10-6-8-13(4-2)16(15)17;1-5(2,3)4/h5-11H,3-4,17H2,1-2H3;(H2,1,2,3,4). The smallest absolute Gasteiger partial charge is 0.394 e. The predicted molar refractivity (Wildman–Crippen MR) is 89.2 cm³/mol. The summed E-state index contributed by atoms with van der Waals surface area (Å²) in [5.41, 5.74) is 12.1. The van der Waals surface area contributed by atoms with Crippen LogP contribution in [0.5, 0.6) is 0 Å². The molecular weight excluding hydrogens is 302 g/mol. The Morgan fingerprint density at radius 3 is 2.14 bits per heavy atom. The zero-order chi connectivity index (χ0) is 16.8. The summed E-state index contributed by atoms with van der Waals surface area (Å²) in [6.07, 6.45) is 2.04. The van der Waals surface area contributed by atoms with Crippen LogP contribution in [-0.4, -0.2) is 17.5 Å². The molecule has 6 heteroatoms. The Balaban J connectivity index is 0.000000422. The van der Waals surface area contributed by atoms with Gasteiger partial charge in [-0.3, -0.25) is 9.11 Å². The van der Waals surface area contributed by atoms with E-state index in [-0.39, 0.29) is 0 Å². The lowest BCUT2D eigenvalue weighted by atomic mass is 9.97.